The van der Waals surface area contributed by atoms with Crippen LogP contribution in [-0.2, 0) is 21.5 Å². The second kappa shape index (κ2) is 8.36. The van der Waals surface area contributed by atoms with Crippen molar-refractivity contribution in [2.75, 3.05) is 7.11 Å². The van der Waals surface area contributed by atoms with Gasteiger partial charge in [0.15, 0.2) is 0 Å². The van der Waals surface area contributed by atoms with Crippen LogP contribution in [-0.4, -0.2) is 24.1 Å². The Hall–Kier alpha value is -2.05. The van der Waals surface area contributed by atoms with Gasteiger partial charge in [0.2, 0.25) is 5.91 Å². The number of hydrogen-bond donors (Lipinski definition) is 2. The molecule has 1 amide bonds. The number of benzene rings is 1. The fourth-order valence-corrected chi connectivity index (χ4v) is 3.67. The Balaban J connectivity index is 2.12. The lowest BCUT2D eigenvalue weighted by atomic mass is 9.88. The number of carbonyl (C=O) groups excluding carboxylic acids is 1. The van der Waals surface area contributed by atoms with Crippen LogP contribution in [0.3, 0.4) is 0 Å². The van der Waals surface area contributed by atoms with Gasteiger partial charge < -0.3 is 15.2 Å². The lowest BCUT2D eigenvalue weighted by molar-refractivity contribution is -0.139. The summed E-state index contributed by atoms with van der Waals surface area (Å²) >= 11 is 7.32. The third-order valence-electron chi connectivity index (χ3n) is 3.85. The summed E-state index contributed by atoms with van der Waals surface area (Å²) in [6.07, 6.45) is 0.594. The minimum Gasteiger partial charge on any atom is -0.497 e. The van der Waals surface area contributed by atoms with Crippen LogP contribution >= 0.6 is 22.9 Å². The number of carboxylic acids is 1. The Morgan fingerprint density at radius 1 is 1.32 bits per heavy atom. The maximum Gasteiger partial charge on any atom is 0.306 e. The molecule has 5 nitrogen and oxygen atoms in total. The molecule has 7 heteroatoms. The molecule has 25 heavy (non-hydrogen) atoms. The highest BCUT2D eigenvalue weighted by Crippen LogP contribution is 2.28. The summed E-state index contributed by atoms with van der Waals surface area (Å²) < 4.78 is 5.88. The van der Waals surface area contributed by atoms with E-state index in [0.717, 1.165) is 4.88 Å². The molecule has 1 aromatic heterocycles. The minimum absolute atomic E-state index is 0.212. The first-order valence-electron chi connectivity index (χ1n) is 7.74. The monoisotopic (exact) mass is 381 g/mol. The molecule has 134 valence electrons. The van der Waals surface area contributed by atoms with Crippen LogP contribution in [0, 0.1) is 0 Å². The molecule has 2 N–H and O–H groups in total. The highest BCUT2D eigenvalue weighted by Gasteiger charge is 2.31. The van der Waals surface area contributed by atoms with Gasteiger partial charge in [-0.05, 0) is 43.2 Å². The maximum atomic E-state index is 12.4. The number of nitrogens with one attached hydrogen (secondary N) is 1. The van der Waals surface area contributed by atoms with E-state index < -0.39 is 11.5 Å². The lowest BCUT2D eigenvalue weighted by Gasteiger charge is -2.30. The molecule has 0 spiro atoms. The van der Waals surface area contributed by atoms with Gasteiger partial charge in [-0.15, -0.1) is 11.3 Å². The number of halogens is 1. The second-order valence-corrected chi connectivity index (χ2v) is 7.69. The Morgan fingerprint density at radius 2 is 2.08 bits per heavy atom. The molecular weight excluding hydrogens is 362 g/mol. The molecule has 1 heterocycles. The fourth-order valence-electron chi connectivity index (χ4n) is 2.58. The average Bonchev–Trinajstić information content (AvgIpc) is 2.97. The van der Waals surface area contributed by atoms with E-state index in [0.29, 0.717) is 22.1 Å². The van der Waals surface area contributed by atoms with Crippen molar-refractivity contribution in [1.29, 1.82) is 0 Å². The molecular formula is C18H20ClNO4S. The van der Waals surface area contributed by atoms with E-state index >= 15 is 0 Å². The van der Waals surface area contributed by atoms with Crippen molar-refractivity contribution in [3.63, 3.8) is 0 Å². The fraction of sp³-hybridized carbons (Fsp3) is 0.333. The quantitative estimate of drug-likeness (QED) is 0.728. The topological polar surface area (TPSA) is 75.6 Å². The van der Waals surface area contributed by atoms with Crippen molar-refractivity contribution in [1.82, 2.24) is 5.32 Å². The number of thiophene rings is 1. The smallest absolute Gasteiger partial charge is 0.306 e. The van der Waals surface area contributed by atoms with Gasteiger partial charge in [0.1, 0.15) is 5.75 Å². The lowest BCUT2D eigenvalue weighted by Crippen LogP contribution is -2.45. The third kappa shape index (κ3) is 5.47. The molecule has 1 atom stereocenters. The number of ether oxygens (including phenoxy) is 1. The summed E-state index contributed by atoms with van der Waals surface area (Å²) in [6, 6.07) is 10.7. The summed E-state index contributed by atoms with van der Waals surface area (Å²) in [5, 5.41) is 12.1. The van der Waals surface area contributed by atoms with Crippen molar-refractivity contribution in [2.24, 2.45) is 0 Å². The first-order chi connectivity index (χ1) is 11.8. The van der Waals surface area contributed by atoms with Crippen LogP contribution in [0.2, 0.25) is 4.34 Å². The molecule has 0 saturated heterocycles. The van der Waals surface area contributed by atoms with Crippen LogP contribution in [0.4, 0.5) is 0 Å². The SMILES string of the molecule is COc1cccc(C(C)(CC(=O)O)NC(=O)CCc2ccc(Cl)s2)c1. The second-order valence-electron chi connectivity index (χ2n) is 5.89. The van der Waals surface area contributed by atoms with E-state index in [-0.39, 0.29) is 18.7 Å². The number of aliphatic carboxylic acids is 1. The first kappa shape index (κ1) is 19.3. The van der Waals surface area contributed by atoms with Crippen LogP contribution in [0.5, 0.6) is 5.75 Å². The third-order valence-corrected chi connectivity index (χ3v) is 5.15. The largest absolute Gasteiger partial charge is 0.497 e. The molecule has 1 unspecified atom stereocenters. The van der Waals surface area contributed by atoms with Gasteiger partial charge in [-0.25, -0.2) is 0 Å². The standard InChI is InChI=1S/C18H20ClNO4S/c1-18(11-17(22)23,12-4-3-5-13(10-12)24-2)20-16(21)9-7-14-6-8-15(19)25-14/h3-6,8,10H,7,9,11H2,1-2H3,(H,20,21)(H,22,23). The van der Waals surface area contributed by atoms with Gasteiger partial charge in [0.05, 0.1) is 23.4 Å². The molecule has 0 aliphatic carbocycles. The Bertz CT molecular complexity index is 761. The van der Waals surface area contributed by atoms with E-state index in [1.54, 1.807) is 44.4 Å². The number of carbonyl (C=O) groups is 2. The normalized spacial score (nSPS) is 13.1. The van der Waals surface area contributed by atoms with Crippen molar-refractivity contribution < 1.29 is 19.4 Å². The van der Waals surface area contributed by atoms with E-state index in [1.807, 2.05) is 6.07 Å². The zero-order valence-electron chi connectivity index (χ0n) is 14.0. The molecule has 0 radical (unpaired) electrons. The van der Waals surface area contributed by atoms with Gasteiger partial charge in [0, 0.05) is 11.3 Å². The number of hydrogen-bond acceptors (Lipinski definition) is 4. The summed E-state index contributed by atoms with van der Waals surface area (Å²) in [6.45, 7) is 1.70. The molecule has 0 aliphatic rings. The van der Waals surface area contributed by atoms with E-state index in [1.165, 1.54) is 11.3 Å². The summed E-state index contributed by atoms with van der Waals surface area (Å²) in [7, 11) is 1.54. The van der Waals surface area contributed by atoms with Gasteiger partial charge in [-0.2, -0.15) is 0 Å². The minimum atomic E-state index is -1.02. The van der Waals surface area contributed by atoms with Crippen LogP contribution in [0.25, 0.3) is 0 Å². The number of rotatable bonds is 8. The molecule has 2 rings (SSSR count). The Morgan fingerprint density at radius 3 is 2.68 bits per heavy atom. The molecule has 0 fully saturated rings. The Labute approximate surface area is 155 Å². The first-order valence-corrected chi connectivity index (χ1v) is 8.93. The number of methoxy groups -OCH3 is 1. The predicted octanol–water partition coefficient (Wildman–Crippen LogP) is 3.85. The number of carboxylic acid groups (broad SMARTS) is 1. The van der Waals surface area contributed by atoms with Crippen molar-refractivity contribution in [3.8, 4) is 5.75 Å². The van der Waals surface area contributed by atoms with Gasteiger partial charge in [0.25, 0.3) is 0 Å². The molecule has 0 bridgehead atoms. The zero-order valence-corrected chi connectivity index (χ0v) is 15.6. The molecule has 2 aromatic rings. The highest BCUT2D eigenvalue weighted by atomic mass is 35.5. The highest BCUT2D eigenvalue weighted by molar-refractivity contribution is 7.16. The van der Waals surface area contributed by atoms with Crippen molar-refractivity contribution in [2.45, 2.75) is 31.7 Å². The number of amides is 1. The average molecular weight is 382 g/mol. The van der Waals surface area contributed by atoms with Gasteiger partial charge in [-0.1, -0.05) is 23.7 Å². The molecule has 0 aliphatic heterocycles. The predicted molar refractivity (Wildman–Crippen MR) is 98.4 cm³/mol. The molecule has 0 saturated carbocycles. The van der Waals surface area contributed by atoms with Gasteiger partial charge in [-0.3, -0.25) is 9.59 Å². The zero-order chi connectivity index (χ0) is 18.4. The van der Waals surface area contributed by atoms with E-state index in [9.17, 15) is 14.7 Å². The van der Waals surface area contributed by atoms with Gasteiger partial charge >= 0.3 is 5.97 Å². The van der Waals surface area contributed by atoms with Crippen LogP contribution in [0.1, 0.15) is 30.2 Å². The van der Waals surface area contributed by atoms with Crippen LogP contribution in [0.15, 0.2) is 36.4 Å². The Kier molecular flexibility index (Phi) is 6.45. The molecule has 1 aromatic carbocycles. The summed E-state index contributed by atoms with van der Waals surface area (Å²) in [5.41, 5.74) is -0.341. The van der Waals surface area contributed by atoms with Crippen molar-refractivity contribution >= 4 is 34.8 Å². The summed E-state index contributed by atoms with van der Waals surface area (Å²) in [5.74, 6) is -0.594. The van der Waals surface area contributed by atoms with Crippen molar-refractivity contribution in [3.05, 3.63) is 51.2 Å². The number of aryl methyl sites for hydroxylation is 1. The van der Waals surface area contributed by atoms with Crippen LogP contribution < -0.4 is 10.1 Å². The van der Waals surface area contributed by atoms with E-state index in [4.69, 9.17) is 16.3 Å². The van der Waals surface area contributed by atoms with E-state index in [2.05, 4.69) is 5.32 Å². The summed E-state index contributed by atoms with van der Waals surface area (Å²) in [4.78, 5) is 24.7. The maximum absolute atomic E-state index is 12.4.